The molecule has 0 saturated carbocycles. The van der Waals surface area contributed by atoms with E-state index in [2.05, 4.69) is 22.1 Å². The van der Waals surface area contributed by atoms with Crippen LogP contribution in [-0.2, 0) is 16.0 Å². The molecular weight excluding hydrogens is 268 g/mol. The molecule has 21 heavy (non-hydrogen) atoms. The Balaban J connectivity index is 1.63. The summed E-state index contributed by atoms with van der Waals surface area (Å²) in [7, 11) is 0. The number of amides is 2. The lowest BCUT2D eigenvalue weighted by molar-refractivity contribution is -0.132. The monoisotopic (exact) mass is 290 g/mol. The quantitative estimate of drug-likeness (QED) is 0.603. The van der Waals surface area contributed by atoms with Gasteiger partial charge < -0.3 is 10.2 Å². The number of nitrogens with one attached hydrogen (secondary N) is 2. The Kier molecular flexibility index (Phi) is 5.54. The Hall–Kier alpha value is -2.11. The van der Waals surface area contributed by atoms with Crippen molar-refractivity contribution in [2.24, 2.45) is 5.92 Å². The lowest BCUT2D eigenvalue weighted by Gasteiger charge is -2.30. The SMILES string of the molecule is C=CC(=O)N1CCC(C(=O)NCCCc2cn[nH]c2)CC1. The number of rotatable bonds is 6. The molecule has 6 heteroatoms. The van der Waals surface area contributed by atoms with E-state index in [1.54, 1.807) is 11.1 Å². The molecule has 1 saturated heterocycles. The van der Waals surface area contributed by atoms with Crippen LogP contribution in [-0.4, -0.2) is 46.5 Å². The predicted molar refractivity (Wildman–Crippen MR) is 79.4 cm³/mol. The molecule has 2 amide bonds. The topological polar surface area (TPSA) is 78.1 Å². The molecule has 1 aromatic rings. The van der Waals surface area contributed by atoms with Gasteiger partial charge in [0, 0.05) is 31.7 Å². The molecule has 114 valence electrons. The number of likely N-dealkylation sites (tertiary alicyclic amines) is 1. The molecule has 2 rings (SSSR count). The largest absolute Gasteiger partial charge is 0.356 e. The van der Waals surface area contributed by atoms with Crippen LogP contribution in [0.2, 0.25) is 0 Å². The third-order valence-corrected chi connectivity index (χ3v) is 3.85. The number of carbonyl (C=O) groups excluding carboxylic acids is 2. The first kappa shape index (κ1) is 15.3. The van der Waals surface area contributed by atoms with Crippen molar-refractivity contribution in [1.29, 1.82) is 0 Å². The fourth-order valence-corrected chi connectivity index (χ4v) is 2.55. The number of H-pyrrole nitrogens is 1. The van der Waals surface area contributed by atoms with Gasteiger partial charge in [0.15, 0.2) is 0 Å². The van der Waals surface area contributed by atoms with Crippen LogP contribution in [0.25, 0.3) is 0 Å². The molecule has 2 heterocycles. The van der Waals surface area contributed by atoms with E-state index < -0.39 is 0 Å². The van der Waals surface area contributed by atoms with Crippen LogP contribution in [0.5, 0.6) is 0 Å². The number of carbonyl (C=O) groups is 2. The van der Waals surface area contributed by atoms with E-state index in [9.17, 15) is 9.59 Å². The van der Waals surface area contributed by atoms with Crippen molar-refractivity contribution in [3.8, 4) is 0 Å². The molecule has 0 radical (unpaired) electrons. The smallest absolute Gasteiger partial charge is 0.245 e. The van der Waals surface area contributed by atoms with Crippen LogP contribution >= 0.6 is 0 Å². The number of hydrogen-bond donors (Lipinski definition) is 2. The lowest BCUT2D eigenvalue weighted by Crippen LogP contribution is -2.42. The van der Waals surface area contributed by atoms with Gasteiger partial charge in [-0.05, 0) is 37.3 Å². The highest BCUT2D eigenvalue weighted by molar-refractivity contribution is 5.87. The maximum absolute atomic E-state index is 12.1. The van der Waals surface area contributed by atoms with Gasteiger partial charge in [-0.1, -0.05) is 6.58 Å². The zero-order chi connectivity index (χ0) is 15.1. The van der Waals surface area contributed by atoms with E-state index in [1.165, 1.54) is 6.08 Å². The van der Waals surface area contributed by atoms with Gasteiger partial charge in [-0.3, -0.25) is 14.7 Å². The van der Waals surface area contributed by atoms with E-state index in [-0.39, 0.29) is 17.7 Å². The summed E-state index contributed by atoms with van der Waals surface area (Å²) in [6, 6.07) is 0. The highest BCUT2D eigenvalue weighted by Crippen LogP contribution is 2.17. The third kappa shape index (κ3) is 4.44. The summed E-state index contributed by atoms with van der Waals surface area (Å²) in [4.78, 5) is 25.3. The number of piperidine rings is 1. The lowest BCUT2D eigenvalue weighted by atomic mass is 9.96. The highest BCUT2D eigenvalue weighted by atomic mass is 16.2. The van der Waals surface area contributed by atoms with E-state index in [0.717, 1.165) is 31.2 Å². The van der Waals surface area contributed by atoms with Crippen LogP contribution in [0.1, 0.15) is 24.8 Å². The molecule has 0 unspecified atom stereocenters. The van der Waals surface area contributed by atoms with E-state index in [4.69, 9.17) is 0 Å². The van der Waals surface area contributed by atoms with Crippen molar-refractivity contribution in [3.05, 3.63) is 30.6 Å². The van der Waals surface area contributed by atoms with Crippen molar-refractivity contribution in [2.75, 3.05) is 19.6 Å². The van der Waals surface area contributed by atoms with E-state index in [0.29, 0.717) is 19.6 Å². The molecule has 2 N–H and O–H groups in total. The summed E-state index contributed by atoms with van der Waals surface area (Å²) in [5.41, 5.74) is 1.15. The van der Waals surface area contributed by atoms with Crippen molar-refractivity contribution in [2.45, 2.75) is 25.7 Å². The molecule has 1 aliphatic heterocycles. The Morgan fingerprint density at radius 1 is 1.48 bits per heavy atom. The second-order valence-electron chi connectivity index (χ2n) is 5.30. The molecule has 0 atom stereocenters. The molecule has 1 aromatic heterocycles. The predicted octanol–water partition coefficient (Wildman–Crippen LogP) is 0.883. The standard InChI is InChI=1S/C15H22N4O2/c1-2-14(20)19-8-5-13(6-9-19)15(21)16-7-3-4-12-10-17-18-11-12/h2,10-11,13H,1,3-9H2,(H,16,21)(H,17,18). The van der Waals surface area contributed by atoms with Gasteiger partial charge in [-0.15, -0.1) is 0 Å². The normalized spacial score (nSPS) is 15.7. The van der Waals surface area contributed by atoms with Crippen LogP contribution in [0.15, 0.2) is 25.0 Å². The number of aromatic amines is 1. The van der Waals surface area contributed by atoms with Crippen LogP contribution in [0, 0.1) is 5.92 Å². The summed E-state index contributed by atoms with van der Waals surface area (Å²) in [5, 5.41) is 9.64. The van der Waals surface area contributed by atoms with Gasteiger partial charge in [0.2, 0.25) is 11.8 Å². The highest BCUT2D eigenvalue weighted by Gasteiger charge is 2.25. The van der Waals surface area contributed by atoms with E-state index >= 15 is 0 Å². The molecule has 0 spiro atoms. The van der Waals surface area contributed by atoms with Gasteiger partial charge in [0.1, 0.15) is 0 Å². The maximum atomic E-state index is 12.1. The number of aromatic nitrogens is 2. The van der Waals surface area contributed by atoms with Crippen LogP contribution in [0.3, 0.4) is 0 Å². The van der Waals surface area contributed by atoms with Gasteiger partial charge in [-0.2, -0.15) is 5.10 Å². The minimum atomic E-state index is -0.0472. The minimum absolute atomic E-state index is 0.0211. The number of nitrogens with zero attached hydrogens (tertiary/aromatic N) is 2. The molecule has 1 fully saturated rings. The first-order valence-electron chi connectivity index (χ1n) is 7.37. The van der Waals surface area contributed by atoms with Gasteiger partial charge in [0.25, 0.3) is 0 Å². The molecule has 0 aliphatic carbocycles. The second-order valence-corrected chi connectivity index (χ2v) is 5.30. The van der Waals surface area contributed by atoms with Crippen molar-refractivity contribution < 1.29 is 9.59 Å². The zero-order valence-electron chi connectivity index (χ0n) is 12.2. The van der Waals surface area contributed by atoms with Gasteiger partial charge >= 0.3 is 0 Å². The van der Waals surface area contributed by atoms with Gasteiger partial charge in [-0.25, -0.2) is 0 Å². The molecule has 0 aromatic carbocycles. The summed E-state index contributed by atoms with van der Waals surface area (Å²) in [5.74, 6) is 0.0784. The zero-order valence-corrected chi connectivity index (χ0v) is 12.2. The number of aryl methyl sites for hydroxylation is 1. The Bertz CT molecular complexity index is 476. The summed E-state index contributed by atoms with van der Waals surface area (Å²) < 4.78 is 0. The average Bonchev–Trinajstić information content (AvgIpc) is 3.04. The Labute approximate surface area is 124 Å². The first-order valence-corrected chi connectivity index (χ1v) is 7.37. The summed E-state index contributed by atoms with van der Waals surface area (Å²) >= 11 is 0. The van der Waals surface area contributed by atoms with Gasteiger partial charge in [0.05, 0.1) is 6.20 Å². The summed E-state index contributed by atoms with van der Waals surface area (Å²) in [6.07, 6.45) is 8.26. The number of hydrogen-bond acceptors (Lipinski definition) is 3. The Morgan fingerprint density at radius 2 is 2.24 bits per heavy atom. The average molecular weight is 290 g/mol. The molecular formula is C15H22N4O2. The third-order valence-electron chi connectivity index (χ3n) is 3.85. The van der Waals surface area contributed by atoms with E-state index in [1.807, 2.05) is 6.20 Å². The summed E-state index contributed by atoms with van der Waals surface area (Å²) in [6.45, 7) is 5.43. The Morgan fingerprint density at radius 3 is 2.86 bits per heavy atom. The van der Waals surface area contributed by atoms with Crippen molar-refractivity contribution in [1.82, 2.24) is 20.4 Å². The fraction of sp³-hybridized carbons (Fsp3) is 0.533. The molecule has 1 aliphatic rings. The first-order chi connectivity index (χ1) is 10.2. The van der Waals surface area contributed by atoms with Crippen LogP contribution in [0.4, 0.5) is 0 Å². The molecule has 6 nitrogen and oxygen atoms in total. The van der Waals surface area contributed by atoms with Crippen LogP contribution < -0.4 is 5.32 Å². The fourth-order valence-electron chi connectivity index (χ4n) is 2.55. The second kappa shape index (κ2) is 7.61. The minimum Gasteiger partial charge on any atom is -0.356 e. The van der Waals surface area contributed by atoms with Crippen molar-refractivity contribution >= 4 is 11.8 Å². The van der Waals surface area contributed by atoms with Crippen molar-refractivity contribution in [3.63, 3.8) is 0 Å². The maximum Gasteiger partial charge on any atom is 0.245 e. The molecule has 0 bridgehead atoms.